The molecular weight excluding hydrogens is 234 g/mol. The number of ether oxygens (including phenoxy) is 1. The van der Waals surface area contributed by atoms with E-state index in [9.17, 15) is 4.79 Å². The van der Waals surface area contributed by atoms with Crippen LogP contribution >= 0.6 is 0 Å². The molecule has 0 radical (unpaired) electrons. The Morgan fingerprint density at radius 3 is 2.83 bits per heavy atom. The number of aliphatic hydroxyl groups excluding tert-OH is 1. The van der Waals surface area contributed by atoms with Crippen LogP contribution in [0.3, 0.4) is 0 Å². The highest BCUT2D eigenvalue weighted by Gasteiger charge is 2.14. The van der Waals surface area contributed by atoms with Crippen LogP contribution in [0.1, 0.15) is 49.0 Å². The largest absolute Gasteiger partial charge is 0.463 e. The molecule has 0 saturated carbocycles. The Bertz CT molecular complexity index is 373. The van der Waals surface area contributed by atoms with Crippen molar-refractivity contribution in [2.45, 2.75) is 38.8 Å². The summed E-state index contributed by atoms with van der Waals surface area (Å²) in [6, 6.07) is 3.39. The van der Waals surface area contributed by atoms with Crippen molar-refractivity contribution in [3.63, 3.8) is 0 Å². The summed E-state index contributed by atoms with van der Waals surface area (Å²) >= 11 is 0. The summed E-state index contributed by atoms with van der Waals surface area (Å²) in [7, 11) is 1.32. The number of esters is 1. The third-order valence-electron chi connectivity index (χ3n) is 2.69. The first-order valence-corrected chi connectivity index (χ1v) is 6.14. The highest BCUT2D eigenvalue weighted by molar-refractivity contribution is 5.86. The Morgan fingerprint density at radius 2 is 2.22 bits per heavy atom. The standard InChI is InChI=1S/C13H21NO4/c1-9(15)5-4-8-14-10(2)11-6-7-12(18-11)13(16)17-3/h6-7,9-10,14-15H,4-5,8H2,1-3H3. The summed E-state index contributed by atoms with van der Waals surface area (Å²) in [6.07, 6.45) is 1.40. The monoisotopic (exact) mass is 255 g/mol. The number of methoxy groups -OCH3 is 1. The van der Waals surface area contributed by atoms with Crippen molar-refractivity contribution in [1.82, 2.24) is 5.32 Å². The van der Waals surface area contributed by atoms with Gasteiger partial charge in [0, 0.05) is 0 Å². The minimum atomic E-state index is -0.470. The predicted molar refractivity (Wildman–Crippen MR) is 67.4 cm³/mol. The molecule has 0 aliphatic rings. The minimum Gasteiger partial charge on any atom is -0.463 e. The van der Waals surface area contributed by atoms with E-state index < -0.39 is 5.97 Å². The molecule has 0 aromatic carbocycles. The van der Waals surface area contributed by atoms with Gasteiger partial charge in [0.1, 0.15) is 5.76 Å². The smallest absolute Gasteiger partial charge is 0.373 e. The van der Waals surface area contributed by atoms with E-state index in [4.69, 9.17) is 9.52 Å². The van der Waals surface area contributed by atoms with E-state index in [1.165, 1.54) is 7.11 Å². The molecule has 1 aromatic rings. The molecule has 2 N–H and O–H groups in total. The third-order valence-corrected chi connectivity index (χ3v) is 2.69. The molecule has 0 aliphatic heterocycles. The van der Waals surface area contributed by atoms with Crippen LogP contribution in [-0.2, 0) is 4.74 Å². The summed E-state index contributed by atoms with van der Waals surface area (Å²) in [5.41, 5.74) is 0. The first-order chi connectivity index (χ1) is 8.54. The van der Waals surface area contributed by atoms with E-state index in [0.717, 1.165) is 19.4 Å². The third kappa shape index (κ3) is 4.50. The predicted octanol–water partition coefficient (Wildman–Crippen LogP) is 1.88. The van der Waals surface area contributed by atoms with Gasteiger partial charge in [0.25, 0.3) is 0 Å². The van der Waals surface area contributed by atoms with Crippen LogP contribution in [0.15, 0.2) is 16.5 Å². The van der Waals surface area contributed by atoms with Gasteiger partial charge in [0.2, 0.25) is 5.76 Å². The molecule has 0 saturated heterocycles. The number of furan rings is 1. The number of carbonyl (C=O) groups excluding carboxylic acids is 1. The SMILES string of the molecule is COC(=O)c1ccc(C(C)NCCCC(C)O)o1. The van der Waals surface area contributed by atoms with E-state index in [2.05, 4.69) is 10.1 Å². The van der Waals surface area contributed by atoms with E-state index in [0.29, 0.717) is 5.76 Å². The van der Waals surface area contributed by atoms with Crippen LogP contribution in [0, 0.1) is 0 Å². The zero-order valence-electron chi connectivity index (χ0n) is 11.1. The lowest BCUT2D eigenvalue weighted by atomic mass is 10.2. The molecule has 5 heteroatoms. The number of hydrogen-bond donors (Lipinski definition) is 2. The maximum Gasteiger partial charge on any atom is 0.373 e. The number of hydrogen-bond acceptors (Lipinski definition) is 5. The molecule has 5 nitrogen and oxygen atoms in total. The topological polar surface area (TPSA) is 71.7 Å². The van der Waals surface area contributed by atoms with E-state index >= 15 is 0 Å². The highest BCUT2D eigenvalue weighted by Crippen LogP contribution is 2.16. The van der Waals surface area contributed by atoms with Crippen LogP contribution in [0.4, 0.5) is 0 Å². The van der Waals surface area contributed by atoms with Crippen LogP contribution < -0.4 is 5.32 Å². The number of rotatable bonds is 7. The molecule has 0 fully saturated rings. The van der Waals surface area contributed by atoms with Crippen molar-refractivity contribution in [2.24, 2.45) is 0 Å². The van der Waals surface area contributed by atoms with Gasteiger partial charge in [-0.2, -0.15) is 0 Å². The normalized spacial score (nSPS) is 14.2. The molecule has 0 bridgehead atoms. The summed E-state index contributed by atoms with van der Waals surface area (Å²) in [4.78, 5) is 11.2. The maximum atomic E-state index is 11.2. The lowest BCUT2D eigenvalue weighted by Crippen LogP contribution is -2.20. The van der Waals surface area contributed by atoms with Gasteiger partial charge in [-0.25, -0.2) is 4.79 Å². The van der Waals surface area contributed by atoms with Gasteiger partial charge in [-0.3, -0.25) is 0 Å². The second-order valence-corrected chi connectivity index (χ2v) is 4.36. The van der Waals surface area contributed by atoms with E-state index in [1.807, 2.05) is 6.92 Å². The first kappa shape index (κ1) is 14.7. The van der Waals surface area contributed by atoms with Gasteiger partial charge in [0.15, 0.2) is 0 Å². The lowest BCUT2D eigenvalue weighted by molar-refractivity contribution is 0.0562. The average Bonchev–Trinajstić information content (AvgIpc) is 2.82. The number of aliphatic hydroxyl groups is 1. The molecule has 102 valence electrons. The van der Waals surface area contributed by atoms with Gasteiger partial charge >= 0.3 is 5.97 Å². The fourth-order valence-corrected chi connectivity index (χ4v) is 1.61. The van der Waals surface area contributed by atoms with Crippen molar-refractivity contribution in [3.8, 4) is 0 Å². The molecule has 1 heterocycles. The van der Waals surface area contributed by atoms with Gasteiger partial charge < -0.3 is 19.6 Å². The van der Waals surface area contributed by atoms with Gasteiger partial charge in [0.05, 0.1) is 19.3 Å². The lowest BCUT2D eigenvalue weighted by Gasteiger charge is -2.11. The first-order valence-electron chi connectivity index (χ1n) is 6.14. The van der Waals surface area contributed by atoms with Crippen molar-refractivity contribution in [3.05, 3.63) is 23.7 Å². The zero-order valence-corrected chi connectivity index (χ0v) is 11.1. The molecule has 0 amide bonds. The zero-order chi connectivity index (χ0) is 13.5. The van der Waals surface area contributed by atoms with E-state index in [1.54, 1.807) is 19.1 Å². The summed E-state index contributed by atoms with van der Waals surface area (Å²) in [6.45, 7) is 4.53. The molecular formula is C13H21NO4. The van der Waals surface area contributed by atoms with Crippen LogP contribution in [0.25, 0.3) is 0 Å². The Kier molecular flexibility index (Phi) is 5.88. The molecule has 1 aromatic heterocycles. The summed E-state index contributed by atoms with van der Waals surface area (Å²) in [5, 5.41) is 12.4. The Hall–Kier alpha value is -1.33. The van der Waals surface area contributed by atoms with Crippen LogP contribution in [0.5, 0.6) is 0 Å². The Balaban J connectivity index is 2.39. The van der Waals surface area contributed by atoms with Crippen LogP contribution in [-0.4, -0.2) is 30.8 Å². The van der Waals surface area contributed by atoms with Crippen molar-refractivity contribution >= 4 is 5.97 Å². The van der Waals surface area contributed by atoms with Crippen molar-refractivity contribution in [2.75, 3.05) is 13.7 Å². The average molecular weight is 255 g/mol. The molecule has 2 unspecified atom stereocenters. The number of carbonyl (C=O) groups is 1. The quantitative estimate of drug-likeness (QED) is 0.575. The molecule has 0 aliphatic carbocycles. The Labute approximate surface area is 107 Å². The fourth-order valence-electron chi connectivity index (χ4n) is 1.61. The molecule has 0 spiro atoms. The molecule has 2 atom stereocenters. The second-order valence-electron chi connectivity index (χ2n) is 4.36. The van der Waals surface area contributed by atoms with Crippen molar-refractivity contribution in [1.29, 1.82) is 0 Å². The van der Waals surface area contributed by atoms with Gasteiger partial charge in [-0.15, -0.1) is 0 Å². The Morgan fingerprint density at radius 1 is 1.50 bits per heavy atom. The maximum absolute atomic E-state index is 11.2. The number of nitrogens with one attached hydrogen (secondary N) is 1. The van der Waals surface area contributed by atoms with Gasteiger partial charge in [-0.05, 0) is 45.4 Å². The highest BCUT2D eigenvalue weighted by atomic mass is 16.5. The molecule has 18 heavy (non-hydrogen) atoms. The van der Waals surface area contributed by atoms with Crippen molar-refractivity contribution < 1.29 is 19.1 Å². The van der Waals surface area contributed by atoms with Gasteiger partial charge in [-0.1, -0.05) is 0 Å². The van der Waals surface area contributed by atoms with Crippen LogP contribution in [0.2, 0.25) is 0 Å². The molecule has 1 rings (SSSR count). The minimum absolute atomic E-state index is 0.0254. The second kappa shape index (κ2) is 7.18. The summed E-state index contributed by atoms with van der Waals surface area (Å²) < 4.78 is 9.96. The summed E-state index contributed by atoms with van der Waals surface area (Å²) in [5.74, 6) is 0.445. The fraction of sp³-hybridized carbons (Fsp3) is 0.615. The van der Waals surface area contributed by atoms with E-state index in [-0.39, 0.29) is 17.9 Å².